The second-order valence-corrected chi connectivity index (χ2v) is 3.36. The van der Waals surface area contributed by atoms with Crippen LogP contribution in [0.15, 0.2) is 4.42 Å². The van der Waals surface area contributed by atoms with E-state index >= 15 is 0 Å². The zero-order valence-electron chi connectivity index (χ0n) is 8.99. The van der Waals surface area contributed by atoms with Crippen molar-refractivity contribution in [2.75, 3.05) is 5.32 Å². The monoisotopic (exact) mass is 212 g/mol. The number of aryl methyl sites for hydroxylation is 1. The maximum atomic E-state index is 11.5. The van der Waals surface area contributed by atoms with Gasteiger partial charge in [-0.05, 0) is 6.42 Å². The lowest BCUT2D eigenvalue weighted by atomic mass is 10.1. The molecule has 1 aromatic rings. The Labute approximate surface area is 88.2 Å². The quantitative estimate of drug-likeness (QED) is 0.754. The van der Waals surface area contributed by atoms with Crippen LogP contribution in [0.1, 0.15) is 32.1 Å². The van der Waals surface area contributed by atoms with Gasteiger partial charge in [-0.25, -0.2) is 0 Å². The van der Waals surface area contributed by atoms with Gasteiger partial charge in [-0.15, -0.1) is 5.10 Å². The van der Waals surface area contributed by atoms with E-state index in [0.29, 0.717) is 12.3 Å². The molecule has 0 aliphatic carbocycles. The van der Waals surface area contributed by atoms with Crippen LogP contribution >= 0.6 is 0 Å². The number of nitrogens with zero attached hydrogens (tertiary/aromatic N) is 2. The average Bonchev–Trinajstić information content (AvgIpc) is 2.60. The summed E-state index contributed by atoms with van der Waals surface area (Å²) in [6.45, 7) is 3.70. The smallest absolute Gasteiger partial charge is 0.322 e. The Kier molecular flexibility index (Phi) is 4.23. The molecule has 15 heavy (non-hydrogen) atoms. The van der Waals surface area contributed by atoms with Gasteiger partial charge in [-0.2, -0.15) is 0 Å². The van der Waals surface area contributed by atoms with Crippen molar-refractivity contribution >= 4 is 11.9 Å². The minimum Gasteiger partial charge on any atom is -0.408 e. The molecule has 0 saturated carbocycles. The number of unbranched alkanes of at least 4 members (excludes halogenated alkanes) is 1. The number of amides is 1. The highest BCUT2D eigenvalue weighted by atomic mass is 16.4. The number of carbonyl (C=O) groups excluding carboxylic acids is 1. The van der Waals surface area contributed by atoms with E-state index in [2.05, 4.69) is 15.5 Å². The Bertz CT molecular complexity index is 324. The maximum Gasteiger partial charge on any atom is 0.322 e. The molecule has 0 aromatic carbocycles. The summed E-state index contributed by atoms with van der Waals surface area (Å²) < 4.78 is 5.00. The zero-order chi connectivity index (χ0) is 11.3. The van der Waals surface area contributed by atoms with Crippen LogP contribution in [0.2, 0.25) is 0 Å². The summed E-state index contributed by atoms with van der Waals surface area (Å²) in [6, 6.07) is -0.415. The van der Waals surface area contributed by atoms with Crippen molar-refractivity contribution in [3.05, 3.63) is 5.89 Å². The van der Waals surface area contributed by atoms with E-state index in [-0.39, 0.29) is 11.9 Å². The van der Waals surface area contributed by atoms with Crippen molar-refractivity contribution < 1.29 is 9.21 Å². The van der Waals surface area contributed by atoms with Crippen LogP contribution in [0.25, 0.3) is 0 Å². The van der Waals surface area contributed by atoms with E-state index in [1.165, 1.54) is 0 Å². The summed E-state index contributed by atoms with van der Waals surface area (Å²) in [5.74, 6) is 0.125. The fourth-order valence-corrected chi connectivity index (χ4v) is 1.10. The second kappa shape index (κ2) is 5.45. The molecule has 1 aromatic heterocycles. The van der Waals surface area contributed by atoms with Gasteiger partial charge in [0.05, 0.1) is 6.04 Å². The minimum atomic E-state index is -0.517. The fraction of sp³-hybridized carbons (Fsp3) is 0.667. The number of rotatable bonds is 5. The summed E-state index contributed by atoms with van der Waals surface area (Å²) in [5.41, 5.74) is 5.66. The molecule has 0 spiro atoms. The molecule has 1 heterocycles. The van der Waals surface area contributed by atoms with Gasteiger partial charge >= 0.3 is 6.01 Å². The molecule has 1 atom stereocenters. The highest BCUT2D eigenvalue weighted by Gasteiger charge is 2.15. The molecule has 6 heteroatoms. The van der Waals surface area contributed by atoms with Crippen molar-refractivity contribution in [2.24, 2.45) is 5.73 Å². The third-order valence-corrected chi connectivity index (χ3v) is 1.96. The van der Waals surface area contributed by atoms with Crippen LogP contribution in [-0.2, 0) is 4.79 Å². The lowest BCUT2D eigenvalue weighted by Crippen LogP contribution is -2.35. The predicted molar refractivity (Wildman–Crippen MR) is 55.2 cm³/mol. The minimum absolute atomic E-state index is 0.101. The molecular weight excluding hydrogens is 196 g/mol. The number of hydrogen-bond acceptors (Lipinski definition) is 5. The zero-order valence-corrected chi connectivity index (χ0v) is 8.99. The molecule has 0 aliphatic heterocycles. The standard InChI is InChI=1S/C9H16N4O2/c1-3-4-5-7(10)8(14)11-9-13-12-6(2)15-9/h7H,3-5,10H2,1-2H3,(H,11,13,14)/t7-/m0/s1. The van der Waals surface area contributed by atoms with Crippen molar-refractivity contribution in [2.45, 2.75) is 39.2 Å². The Morgan fingerprint density at radius 1 is 1.60 bits per heavy atom. The van der Waals surface area contributed by atoms with E-state index in [9.17, 15) is 4.79 Å². The van der Waals surface area contributed by atoms with E-state index in [0.717, 1.165) is 12.8 Å². The number of nitrogens with two attached hydrogens (primary N) is 1. The Balaban J connectivity index is 2.41. The number of carbonyl (C=O) groups is 1. The number of anilines is 1. The van der Waals surface area contributed by atoms with Crippen molar-refractivity contribution in [1.29, 1.82) is 0 Å². The summed E-state index contributed by atoms with van der Waals surface area (Å²) in [5, 5.41) is 9.70. The van der Waals surface area contributed by atoms with Gasteiger partial charge in [-0.3, -0.25) is 10.1 Å². The van der Waals surface area contributed by atoms with E-state index in [1.54, 1.807) is 6.92 Å². The van der Waals surface area contributed by atoms with Gasteiger partial charge in [0.2, 0.25) is 11.8 Å². The average molecular weight is 212 g/mol. The van der Waals surface area contributed by atoms with Crippen LogP contribution in [-0.4, -0.2) is 22.1 Å². The Hall–Kier alpha value is -1.43. The Morgan fingerprint density at radius 3 is 2.87 bits per heavy atom. The van der Waals surface area contributed by atoms with Crippen molar-refractivity contribution in [3.8, 4) is 0 Å². The SMILES string of the molecule is CCCC[C@H](N)C(=O)Nc1nnc(C)o1. The summed E-state index contributed by atoms with van der Waals surface area (Å²) in [7, 11) is 0. The van der Waals surface area contributed by atoms with Gasteiger partial charge in [0.1, 0.15) is 0 Å². The molecule has 0 radical (unpaired) electrons. The number of nitrogens with one attached hydrogen (secondary N) is 1. The summed E-state index contributed by atoms with van der Waals surface area (Å²) in [6.07, 6.45) is 2.60. The lowest BCUT2D eigenvalue weighted by molar-refractivity contribution is -0.117. The van der Waals surface area contributed by atoms with Gasteiger partial charge in [-0.1, -0.05) is 24.9 Å². The lowest BCUT2D eigenvalue weighted by Gasteiger charge is -2.08. The van der Waals surface area contributed by atoms with Crippen LogP contribution in [0.5, 0.6) is 0 Å². The van der Waals surface area contributed by atoms with Crippen molar-refractivity contribution in [1.82, 2.24) is 10.2 Å². The molecule has 3 N–H and O–H groups in total. The predicted octanol–water partition coefficient (Wildman–Crippen LogP) is 0.834. The van der Waals surface area contributed by atoms with Crippen LogP contribution in [0.3, 0.4) is 0 Å². The maximum absolute atomic E-state index is 11.5. The third kappa shape index (κ3) is 3.67. The first kappa shape index (κ1) is 11.6. The molecule has 6 nitrogen and oxygen atoms in total. The number of aromatic nitrogens is 2. The van der Waals surface area contributed by atoms with Crippen molar-refractivity contribution in [3.63, 3.8) is 0 Å². The van der Waals surface area contributed by atoms with E-state index < -0.39 is 6.04 Å². The molecule has 0 unspecified atom stereocenters. The molecule has 0 fully saturated rings. The molecule has 1 rings (SSSR count). The Morgan fingerprint density at radius 2 is 2.33 bits per heavy atom. The molecule has 1 amide bonds. The first-order valence-electron chi connectivity index (χ1n) is 5.00. The molecule has 0 bridgehead atoms. The van der Waals surface area contributed by atoms with Gasteiger partial charge in [0.15, 0.2) is 0 Å². The third-order valence-electron chi connectivity index (χ3n) is 1.96. The number of hydrogen-bond donors (Lipinski definition) is 2. The summed E-state index contributed by atoms with van der Waals surface area (Å²) >= 11 is 0. The van der Waals surface area contributed by atoms with Crippen LogP contribution < -0.4 is 11.1 Å². The van der Waals surface area contributed by atoms with Gasteiger partial charge in [0.25, 0.3) is 0 Å². The van der Waals surface area contributed by atoms with E-state index in [1.807, 2.05) is 6.92 Å². The first-order valence-corrected chi connectivity index (χ1v) is 5.00. The van der Waals surface area contributed by atoms with E-state index in [4.69, 9.17) is 10.2 Å². The molecule has 84 valence electrons. The highest BCUT2D eigenvalue weighted by Crippen LogP contribution is 2.05. The van der Waals surface area contributed by atoms with Gasteiger partial charge in [0, 0.05) is 6.92 Å². The highest BCUT2D eigenvalue weighted by molar-refractivity contribution is 5.92. The van der Waals surface area contributed by atoms with Gasteiger partial charge < -0.3 is 10.2 Å². The van der Waals surface area contributed by atoms with Crippen LogP contribution in [0, 0.1) is 6.92 Å². The summed E-state index contributed by atoms with van der Waals surface area (Å²) in [4.78, 5) is 11.5. The topological polar surface area (TPSA) is 94.0 Å². The normalized spacial score (nSPS) is 12.5. The van der Waals surface area contributed by atoms with Crippen LogP contribution in [0.4, 0.5) is 6.01 Å². The first-order chi connectivity index (χ1) is 7.13. The molecule has 0 aliphatic rings. The molecular formula is C9H16N4O2. The second-order valence-electron chi connectivity index (χ2n) is 3.36. The molecule has 0 saturated heterocycles. The fourth-order valence-electron chi connectivity index (χ4n) is 1.10. The largest absolute Gasteiger partial charge is 0.408 e.